The molecule has 3 heteroatoms. The van der Waals surface area contributed by atoms with Crippen LogP contribution in [-0.4, -0.2) is 37.2 Å². The topological polar surface area (TPSA) is 38.5 Å². The Labute approximate surface area is 110 Å². The lowest BCUT2D eigenvalue weighted by molar-refractivity contribution is -0.0590. The summed E-state index contributed by atoms with van der Waals surface area (Å²) in [5.74, 6) is 0. The standard InChI is InChI=1S/C15H24N2O/c1-11-4-5-12(2)14(8-11)15-9-17(7-6-16)13(3)10-18-15/h4-5,8,13,15H,6-7,9-10,16H2,1-3H3. The van der Waals surface area contributed by atoms with Gasteiger partial charge in [-0.1, -0.05) is 23.8 Å². The van der Waals surface area contributed by atoms with Crippen molar-refractivity contribution >= 4 is 0 Å². The van der Waals surface area contributed by atoms with E-state index in [1.807, 2.05) is 0 Å². The molecule has 18 heavy (non-hydrogen) atoms. The first-order valence-corrected chi connectivity index (χ1v) is 6.74. The number of rotatable bonds is 3. The quantitative estimate of drug-likeness (QED) is 0.889. The van der Waals surface area contributed by atoms with Crippen molar-refractivity contribution in [3.05, 3.63) is 34.9 Å². The van der Waals surface area contributed by atoms with E-state index in [1.54, 1.807) is 0 Å². The minimum absolute atomic E-state index is 0.188. The molecule has 0 bridgehead atoms. The van der Waals surface area contributed by atoms with E-state index in [2.05, 4.69) is 43.9 Å². The van der Waals surface area contributed by atoms with Gasteiger partial charge in [-0.2, -0.15) is 0 Å². The molecule has 3 nitrogen and oxygen atoms in total. The summed E-state index contributed by atoms with van der Waals surface area (Å²) in [6.07, 6.45) is 0.188. The predicted octanol–water partition coefficient (Wildman–Crippen LogP) is 2.02. The van der Waals surface area contributed by atoms with Gasteiger partial charge in [-0.05, 0) is 31.9 Å². The molecule has 0 amide bonds. The van der Waals surface area contributed by atoms with Crippen LogP contribution >= 0.6 is 0 Å². The molecule has 0 radical (unpaired) electrons. The molecule has 1 aromatic carbocycles. The normalized spacial score (nSPS) is 25.3. The highest BCUT2D eigenvalue weighted by Crippen LogP contribution is 2.27. The van der Waals surface area contributed by atoms with Crippen LogP contribution in [0.3, 0.4) is 0 Å². The second kappa shape index (κ2) is 5.83. The minimum atomic E-state index is 0.188. The van der Waals surface area contributed by atoms with Crippen LogP contribution in [0.1, 0.15) is 29.7 Å². The fourth-order valence-corrected chi connectivity index (χ4v) is 2.58. The van der Waals surface area contributed by atoms with Crippen LogP contribution in [-0.2, 0) is 4.74 Å². The van der Waals surface area contributed by atoms with Crippen molar-refractivity contribution in [3.63, 3.8) is 0 Å². The van der Waals surface area contributed by atoms with E-state index in [0.29, 0.717) is 12.6 Å². The predicted molar refractivity (Wildman–Crippen MR) is 74.7 cm³/mol. The van der Waals surface area contributed by atoms with E-state index in [-0.39, 0.29) is 6.10 Å². The van der Waals surface area contributed by atoms with Crippen LogP contribution in [0.15, 0.2) is 18.2 Å². The molecule has 0 aliphatic carbocycles. The van der Waals surface area contributed by atoms with Crippen molar-refractivity contribution in [1.29, 1.82) is 0 Å². The summed E-state index contributed by atoms with van der Waals surface area (Å²) < 4.78 is 6.01. The molecule has 2 atom stereocenters. The maximum Gasteiger partial charge on any atom is 0.0955 e. The Bertz CT molecular complexity index is 405. The number of hydrogen-bond acceptors (Lipinski definition) is 3. The van der Waals surface area contributed by atoms with Gasteiger partial charge in [0.05, 0.1) is 12.7 Å². The van der Waals surface area contributed by atoms with Crippen LogP contribution in [0.4, 0.5) is 0 Å². The third-order valence-electron chi connectivity index (χ3n) is 3.76. The van der Waals surface area contributed by atoms with E-state index >= 15 is 0 Å². The summed E-state index contributed by atoms with van der Waals surface area (Å²) in [5.41, 5.74) is 9.61. The minimum Gasteiger partial charge on any atom is -0.371 e. The maximum absolute atomic E-state index is 6.01. The molecular formula is C15H24N2O. The van der Waals surface area contributed by atoms with Gasteiger partial charge < -0.3 is 10.5 Å². The zero-order valence-electron chi connectivity index (χ0n) is 11.6. The maximum atomic E-state index is 6.01. The molecule has 1 heterocycles. The second-order valence-electron chi connectivity index (χ2n) is 5.31. The lowest BCUT2D eigenvalue weighted by Crippen LogP contribution is -2.47. The van der Waals surface area contributed by atoms with E-state index < -0.39 is 0 Å². The molecule has 2 rings (SSSR count). The van der Waals surface area contributed by atoms with E-state index in [0.717, 1.165) is 19.7 Å². The number of benzene rings is 1. The summed E-state index contributed by atoms with van der Waals surface area (Å²) in [7, 11) is 0. The van der Waals surface area contributed by atoms with Crippen molar-refractivity contribution in [1.82, 2.24) is 4.90 Å². The second-order valence-corrected chi connectivity index (χ2v) is 5.31. The Morgan fingerprint density at radius 2 is 2.17 bits per heavy atom. The molecule has 1 aliphatic rings. The summed E-state index contributed by atoms with van der Waals surface area (Å²) in [4.78, 5) is 2.43. The lowest BCUT2D eigenvalue weighted by atomic mass is 9.99. The van der Waals surface area contributed by atoms with Crippen molar-refractivity contribution in [3.8, 4) is 0 Å². The first-order valence-electron chi connectivity index (χ1n) is 6.74. The first-order chi connectivity index (χ1) is 8.61. The molecule has 0 saturated carbocycles. The van der Waals surface area contributed by atoms with Gasteiger partial charge in [-0.3, -0.25) is 4.90 Å². The van der Waals surface area contributed by atoms with Gasteiger partial charge >= 0.3 is 0 Å². The molecule has 1 fully saturated rings. The Balaban J connectivity index is 2.16. The lowest BCUT2D eigenvalue weighted by Gasteiger charge is -2.38. The number of aryl methyl sites for hydroxylation is 2. The Kier molecular flexibility index (Phi) is 4.38. The van der Waals surface area contributed by atoms with E-state index in [4.69, 9.17) is 10.5 Å². The Morgan fingerprint density at radius 1 is 1.39 bits per heavy atom. The van der Waals surface area contributed by atoms with Crippen molar-refractivity contribution in [2.75, 3.05) is 26.2 Å². The van der Waals surface area contributed by atoms with Crippen molar-refractivity contribution in [2.24, 2.45) is 5.73 Å². The van der Waals surface area contributed by atoms with E-state index in [9.17, 15) is 0 Å². The van der Waals surface area contributed by atoms with E-state index in [1.165, 1.54) is 16.7 Å². The van der Waals surface area contributed by atoms with Gasteiger partial charge in [0.2, 0.25) is 0 Å². The molecule has 2 unspecified atom stereocenters. The van der Waals surface area contributed by atoms with Gasteiger partial charge in [-0.25, -0.2) is 0 Å². The van der Waals surface area contributed by atoms with Gasteiger partial charge in [0.1, 0.15) is 0 Å². The number of nitrogens with two attached hydrogens (primary N) is 1. The van der Waals surface area contributed by atoms with Crippen LogP contribution in [0.2, 0.25) is 0 Å². The summed E-state index contributed by atoms with van der Waals surface area (Å²) in [5, 5.41) is 0. The largest absolute Gasteiger partial charge is 0.371 e. The number of hydrogen-bond donors (Lipinski definition) is 1. The summed E-state index contributed by atoms with van der Waals surface area (Å²) in [6, 6.07) is 7.05. The molecule has 1 saturated heterocycles. The molecule has 2 N–H and O–H groups in total. The van der Waals surface area contributed by atoms with Crippen LogP contribution < -0.4 is 5.73 Å². The number of ether oxygens (including phenoxy) is 1. The average Bonchev–Trinajstić information content (AvgIpc) is 2.35. The molecule has 1 aliphatic heterocycles. The highest BCUT2D eigenvalue weighted by atomic mass is 16.5. The third-order valence-corrected chi connectivity index (χ3v) is 3.76. The zero-order chi connectivity index (χ0) is 13.1. The van der Waals surface area contributed by atoms with Gasteiger partial charge in [-0.15, -0.1) is 0 Å². The molecule has 0 aromatic heterocycles. The van der Waals surface area contributed by atoms with Crippen LogP contribution in [0, 0.1) is 13.8 Å². The summed E-state index contributed by atoms with van der Waals surface area (Å²) >= 11 is 0. The van der Waals surface area contributed by atoms with Crippen molar-refractivity contribution < 1.29 is 4.74 Å². The first kappa shape index (κ1) is 13.5. The van der Waals surface area contributed by atoms with Gasteiger partial charge in [0, 0.05) is 25.7 Å². The molecule has 100 valence electrons. The number of nitrogens with zero attached hydrogens (tertiary/aromatic N) is 1. The molecular weight excluding hydrogens is 224 g/mol. The molecule has 0 spiro atoms. The third kappa shape index (κ3) is 2.91. The van der Waals surface area contributed by atoms with Gasteiger partial charge in [0.25, 0.3) is 0 Å². The highest BCUT2D eigenvalue weighted by molar-refractivity contribution is 5.32. The van der Waals surface area contributed by atoms with Crippen molar-refractivity contribution in [2.45, 2.75) is 32.9 Å². The smallest absolute Gasteiger partial charge is 0.0955 e. The SMILES string of the molecule is Cc1ccc(C)c(C2CN(CCN)C(C)CO2)c1. The molecule has 1 aromatic rings. The highest BCUT2D eigenvalue weighted by Gasteiger charge is 2.27. The van der Waals surface area contributed by atoms with Gasteiger partial charge in [0.15, 0.2) is 0 Å². The van der Waals surface area contributed by atoms with Crippen LogP contribution in [0.25, 0.3) is 0 Å². The number of morpholine rings is 1. The zero-order valence-corrected chi connectivity index (χ0v) is 11.6. The monoisotopic (exact) mass is 248 g/mol. The Morgan fingerprint density at radius 3 is 2.89 bits per heavy atom. The van der Waals surface area contributed by atoms with Crippen LogP contribution in [0.5, 0.6) is 0 Å². The summed E-state index contributed by atoms with van der Waals surface area (Å²) in [6.45, 7) is 9.89. The fourth-order valence-electron chi connectivity index (χ4n) is 2.58. The fraction of sp³-hybridized carbons (Fsp3) is 0.600. The Hall–Kier alpha value is -0.900. The average molecular weight is 248 g/mol.